The van der Waals surface area contributed by atoms with Gasteiger partial charge in [-0.05, 0) is 36.4 Å². The molecular formula is C24H17NO2. The normalized spacial score (nSPS) is 10.3. The molecule has 4 rings (SSSR count). The summed E-state index contributed by atoms with van der Waals surface area (Å²) in [6.45, 7) is 0. The lowest BCUT2D eigenvalue weighted by Gasteiger charge is -2.11. The number of ether oxygens (including phenoxy) is 1. The summed E-state index contributed by atoms with van der Waals surface area (Å²) < 4.78 is 5.32. The molecule has 130 valence electrons. The SMILES string of the molecule is COc1ccc(O)c(-c2cnc3ccccc3c2C#Cc2ccccc2)c1. The van der Waals surface area contributed by atoms with E-state index in [1.165, 1.54) is 0 Å². The molecule has 0 saturated carbocycles. The Hall–Kier alpha value is -3.77. The van der Waals surface area contributed by atoms with Crippen molar-refractivity contribution in [1.82, 2.24) is 4.98 Å². The summed E-state index contributed by atoms with van der Waals surface area (Å²) >= 11 is 0. The third-order valence-electron chi connectivity index (χ3n) is 4.37. The van der Waals surface area contributed by atoms with Gasteiger partial charge in [0.25, 0.3) is 0 Å². The van der Waals surface area contributed by atoms with Crippen LogP contribution in [0.2, 0.25) is 0 Å². The number of phenols is 1. The molecule has 3 heteroatoms. The highest BCUT2D eigenvalue weighted by Crippen LogP contribution is 2.36. The van der Waals surface area contributed by atoms with Gasteiger partial charge < -0.3 is 9.84 Å². The molecule has 0 bridgehead atoms. The highest BCUT2D eigenvalue weighted by atomic mass is 16.5. The maximum Gasteiger partial charge on any atom is 0.123 e. The van der Waals surface area contributed by atoms with Crippen LogP contribution in [0.5, 0.6) is 11.5 Å². The lowest BCUT2D eigenvalue weighted by molar-refractivity contribution is 0.412. The van der Waals surface area contributed by atoms with Gasteiger partial charge in [-0.3, -0.25) is 4.98 Å². The number of methoxy groups -OCH3 is 1. The van der Waals surface area contributed by atoms with Crippen molar-refractivity contribution in [3.63, 3.8) is 0 Å². The van der Waals surface area contributed by atoms with Gasteiger partial charge in [-0.15, -0.1) is 0 Å². The summed E-state index contributed by atoms with van der Waals surface area (Å²) in [6, 6.07) is 22.8. The van der Waals surface area contributed by atoms with Crippen LogP contribution < -0.4 is 4.74 Å². The summed E-state index contributed by atoms with van der Waals surface area (Å²) in [5.41, 5.74) is 4.03. The predicted octanol–water partition coefficient (Wildman–Crippen LogP) is 5.02. The first-order chi connectivity index (χ1) is 13.3. The number of para-hydroxylation sites is 1. The van der Waals surface area contributed by atoms with E-state index in [0.29, 0.717) is 11.3 Å². The van der Waals surface area contributed by atoms with Crippen LogP contribution in [-0.4, -0.2) is 17.2 Å². The fourth-order valence-corrected chi connectivity index (χ4v) is 2.99. The average Bonchev–Trinajstić information content (AvgIpc) is 2.73. The van der Waals surface area contributed by atoms with Gasteiger partial charge in [-0.1, -0.05) is 48.2 Å². The largest absolute Gasteiger partial charge is 0.507 e. The molecule has 27 heavy (non-hydrogen) atoms. The molecule has 0 fully saturated rings. The zero-order valence-electron chi connectivity index (χ0n) is 14.8. The van der Waals surface area contributed by atoms with Crippen molar-refractivity contribution in [2.45, 2.75) is 0 Å². The van der Waals surface area contributed by atoms with E-state index in [2.05, 4.69) is 16.8 Å². The molecule has 0 aliphatic rings. The summed E-state index contributed by atoms with van der Waals surface area (Å²) in [7, 11) is 1.60. The Bertz CT molecular complexity index is 1170. The second-order valence-corrected chi connectivity index (χ2v) is 6.06. The maximum absolute atomic E-state index is 10.4. The van der Waals surface area contributed by atoms with Crippen LogP contribution in [0.15, 0.2) is 79.0 Å². The third kappa shape index (κ3) is 3.33. The Labute approximate surface area is 157 Å². The smallest absolute Gasteiger partial charge is 0.123 e. The second-order valence-electron chi connectivity index (χ2n) is 6.06. The minimum absolute atomic E-state index is 0.163. The Balaban J connectivity index is 1.98. The zero-order valence-corrected chi connectivity index (χ0v) is 14.8. The first kappa shape index (κ1) is 16.7. The van der Waals surface area contributed by atoms with Gasteiger partial charge in [0.05, 0.1) is 12.6 Å². The van der Waals surface area contributed by atoms with E-state index in [1.807, 2.05) is 54.6 Å². The summed E-state index contributed by atoms with van der Waals surface area (Å²) in [4.78, 5) is 4.55. The maximum atomic E-state index is 10.4. The predicted molar refractivity (Wildman–Crippen MR) is 108 cm³/mol. The first-order valence-corrected chi connectivity index (χ1v) is 8.58. The molecule has 0 atom stereocenters. The van der Waals surface area contributed by atoms with Gasteiger partial charge in [0, 0.05) is 33.8 Å². The minimum Gasteiger partial charge on any atom is -0.507 e. The van der Waals surface area contributed by atoms with Crippen LogP contribution in [-0.2, 0) is 0 Å². The van der Waals surface area contributed by atoms with E-state index in [1.54, 1.807) is 31.5 Å². The lowest BCUT2D eigenvalue weighted by Crippen LogP contribution is -1.92. The highest BCUT2D eigenvalue weighted by molar-refractivity contribution is 5.93. The van der Waals surface area contributed by atoms with Crippen molar-refractivity contribution in [3.8, 4) is 34.5 Å². The molecule has 0 saturated heterocycles. The molecule has 3 aromatic carbocycles. The second kappa shape index (κ2) is 7.23. The van der Waals surface area contributed by atoms with Crippen molar-refractivity contribution in [1.29, 1.82) is 0 Å². The Morgan fingerprint density at radius 2 is 1.63 bits per heavy atom. The molecule has 0 spiro atoms. The van der Waals surface area contributed by atoms with E-state index < -0.39 is 0 Å². The number of rotatable bonds is 2. The third-order valence-corrected chi connectivity index (χ3v) is 4.37. The average molecular weight is 351 g/mol. The Morgan fingerprint density at radius 3 is 2.44 bits per heavy atom. The summed E-state index contributed by atoms with van der Waals surface area (Å²) in [5.74, 6) is 7.34. The van der Waals surface area contributed by atoms with Crippen molar-refractivity contribution < 1.29 is 9.84 Å². The van der Waals surface area contributed by atoms with Crippen LogP contribution in [0.25, 0.3) is 22.0 Å². The number of hydrogen-bond donors (Lipinski definition) is 1. The van der Waals surface area contributed by atoms with Crippen molar-refractivity contribution in [2.24, 2.45) is 0 Å². The number of benzene rings is 3. The van der Waals surface area contributed by atoms with E-state index >= 15 is 0 Å². The van der Waals surface area contributed by atoms with Gasteiger partial charge in [0.2, 0.25) is 0 Å². The number of pyridine rings is 1. The summed E-state index contributed by atoms with van der Waals surface area (Å²) in [5, 5.41) is 11.4. The Morgan fingerprint density at radius 1 is 0.852 bits per heavy atom. The monoisotopic (exact) mass is 351 g/mol. The topological polar surface area (TPSA) is 42.4 Å². The van der Waals surface area contributed by atoms with Crippen molar-refractivity contribution in [2.75, 3.05) is 7.11 Å². The number of aromatic nitrogens is 1. The molecule has 3 nitrogen and oxygen atoms in total. The fraction of sp³-hybridized carbons (Fsp3) is 0.0417. The number of aromatic hydroxyl groups is 1. The van der Waals surface area contributed by atoms with Crippen LogP contribution in [0, 0.1) is 11.8 Å². The van der Waals surface area contributed by atoms with Gasteiger partial charge in [0.15, 0.2) is 0 Å². The van der Waals surface area contributed by atoms with Crippen LogP contribution in [0.1, 0.15) is 11.1 Å². The number of fused-ring (bicyclic) bond motifs is 1. The summed E-state index contributed by atoms with van der Waals surface area (Å²) in [6.07, 6.45) is 1.76. The Kier molecular flexibility index (Phi) is 4.47. The van der Waals surface area contributed by atoms with Crippen LogP contribution in [0.3, 0.4) is 0 Å². The number of nitrogens with zero attached hydrogens (tertiary/aromatic N) is 1. The van der Waals surface area contributed by atoms with Gasteiger partial charge in [-0.2, -0.15) is 0 Å². The van der Waals surface area contributed by atoms with Gasteiger partial charge >= 0.3 is 0 Å². The van der Waals surface area contributed by atoms with E-state index in [9.17, 15) is 5.11 Å². The number of phenolic OH excluding ortho intramolecular Hbond substituents is 1. The van der Waals surface area contributed by atoms with Gasteiger partial charge in [0.1, 0.15) is 11.5 Å². The van der Waals surface area contributed by atoms with Crippen molar-refractivity contribution >= 4 is 10.9 Å². The molecule has 4 aromatic rings. The molecule has 1 heterocycles. The van der Waals surface area contributed by atoms with Crippen LogP contribution in [0.4, 0.5) is 0 Å². The number of hydrogen-bond acceptors (Lipinski definition) is 3. The molecule has 0 unspecified atom stereocenters. The van der Waals surface area contributed by atoms with Gasteiger partial charge in [-0.25, -0.2) is 0 Å². The lowest BCUT2D eigenvalue weighted by atomic mass is 9.97. The highest BCUT2D eigenvalue weighted by Gasteiger charge is 2.13. The quantitative estimate of drug-likeness (QED) is 0.516. The van der Waals surface area contributed by atoms with E-state index in [0.717, 1.165) is 27.6 Å². The molecule has 0 aliphatic heterocycles. The molecule has 1 N–H and O–H groups in total. The molecular weight excluding hydrogens is 334 g/mol. The molecule has 0 aliphatic carbocycles. The van der Waals surface area contributed by atoms with E-state index in [4.69, 9.17) is 4.74 Å². The standard InChI is InChI=1S/C24H17NO2/c1-27-18-12-14-24(26)21(15-18)22-16-25-23-10-6-5-9-20(23)19(22)13-11-17-7-3-2-4-8-17/h2-10,12,14-16,26H,1H3. The van der Waals surface area contributed by atoms with E-state index in [-0.39, 0.29) is 5.75 Å². The molecule has 0 radical (unpaired) electrons. The zero-order chi connectivity index (χ0) is 18.6. The first-order valence-electron chi connectivity index (χ1n) is 8.58. The minimum atomic E-state index is 0.163. The fourth-order valence-electron chi connectivity index (χ4n) is 2.99. The van der Waals surface area contributed by atoms with Crippen LogP contribution >= 0.6 is 0 Å². The molecule has 0 amide bonds. The molecule has 1 aromatic heterocycles. The van der Waals surface area contributed by atoms with Crippen molar-refractivity contribution in [3.05, 3.63) is 90.1 Å².